The maximum Gasteiger partial charge on any atom is 0.203 e. The quantitative estimate of drug-likeness (QED) is 0.628. The molecule has 0 saturated carbocycles. The first-order valence-electron chi connectivity index (χ1n) is 5.54. The van der Waals surface area contributed by atoms with Crippen LogP contribution >= 0.6 is 43.5 Å². The van der Waals surface area contributed by atoms with Gasteiger partial charge in [0.2, 0.25) is 5.78 Å². The second-order valence-electron chi connectivity index (χ2n) is 3.89. The normalized spacial score (nSPS) is 10.4. The third kappa shape index (κ3) is 3.59. The van der Waals surface area contributed by atoms with Crippen LogP contribution in [0.3, 0.4) is 0 Å². The van der Waals surface area contributed by atoms with Crippen molar-refractivity contribution in [1.82, 2.24) is 0 Å². The van der Waals surface area contributed by atoms with Crippen LogP contribution in [0.25, 0.3) is 0 Å². The van der Waals surface area contributed by atoms with Crippen molar-refractivity contribution in [3.63, 3.8) is 0 Å². The monoisotopic (exact) mass is 420 g/mol. The number of rotatable bonds is 4. The molecular weight excluding hydrogens is 414 g/mol. The number of ketones is 1. The lowest BCUT2D eigenvalue weighted by Crippen LogP contribution is -2.13. The standard InChI is InChI=1S/C14H8Br2ClFO2/c15-10-2-1-3-11(16)14(10)20-7-13(19)9-5-4-8(17)6-12(9)18/h1-6H,7H2. The summed E-state index contributed by atoms with van der Waals surface area (Å²) < 4.78 is 20.4. The van der Waals surface area contributed by atoms with Crippen molar-refractivity contribution < 1.29 is 13.9 Å². The highest BCUT2D eigenvalue weighted by Crippen LogP contribution is 2.33. The first kappa shape index (κ1) is 15.5. The second kappa shape index (κ2) is 6.70. The van der Waals surface area contributed by atoms with Crippen LogP contribution in [0.4, 0.5) is 4.39 Å². The molecule has 0 aliphatic heterocycles. The number of ether oxygens (including phenoxy) is 1. The zero-order chi connectivity index (χ0) is 14.7. The highest BCUT2D eigenvalue weighted by Gasteiger charge is 2.14. The molecular formula is C14H8Br2ClFO2. The van der Waals surface area contributed by atoms with Gasteiger partial charge in [-0.15, -0.1) is 0 Å². The van der Waals surface area contributed by atoms with Gasteiger partial charge in [0.25, 0.3) is 0 Å². The predicted molar refractivity (Wildman–Crippen MR) is 83.1 cm³/mol. The maximum atomic E-state index is 13.6. The Bertz CT molecular complexity index is 641. The molecule has 2 aromatic carbocycles. The number of carbonyl (C=O) groups is 1. The molecule has 2 rings (SSSR count). The molecule has 0 spiro atoms. The third-order valence-electron chi connectivity index (χ3n) is 2.50. The van der Waals surface area contributed by atoms with Gasteiger partial charge in [-0.2, -0.15) is 0 Å². The van der Waals surface area contributed by atoms with Gasteiger partial charge in [0.05, 0.1) is 14.5 Å². The van der Waals surface area contributed by atoms with E-state index in [1.54, 1.807) is 12.1 Å². The van der Waals surface area contributed by atoms with Gasteiger partial charge in [0.15, 0.2) is 6.61 Å². The number of hydrogen-bond donors (Lipinski definition) is 0. The van der Waals surface area contributed by atoms with Crippen LogP contribution in [0, 0.1) is 5.82 Å². The minimum absolute atomic E-state index is 0.0439. The highest BCUT2D eigenvalue weighted by atomic mass is 79.9. The summed E-state index contributed by atoms with van der Waals surface area (Å²) in [6, 6.07) is 9.30. The summed E-state index contributed by atoms with van der Waals surface area (Å²) in [5.74, 6) is -0.616. The molecule has 20 heavy (non-hydrogen) atoms. The third-order valence-corrected chi connectivity index (χ3v) is 3.98. The predicted octanol–water partition coefficient (Wildman–Crippen LogP) is 5.27. The van der Waals surface area contributed by atoms with Gasteiger partial charge in [-0.25, -0.2) is 4.39 Å². The number of benzene rings is 2. The summed E-state index contributed by atoms with van der Waals surface area (Å²) in [5, 5.41) is 0.244. The maximum absolute atomic E-state index is 13.6. The van der Waals surface area contributed by atoms with E-state index in [1.807, 2.05) is 6.07 Å². The molecule has 2 nitrogen and oxygen atoms in total. The lowest BCUT2D eigenvalue weighted by molar-refractivity contribution is 0.0916. The topological polar surface area (TPSA) is 26.3 Å². The number of para-hydroxylation sites is 1. The van der Waals surface area contributed by atoms with Crippen LogP contribution in [-0.2, 0) is 0 Å². The van der Waals surface area contributed by atoms with E-state index in [-0.39, 0.29) is 17.2 Å². The SMILES string of the molecule is O=C(COc1c(Br)cccc1Br)c1ccc(Cl)cc1F. The number of hydrogen-bond acceptors (Lipinski definition) is 2. The van der Waals surface area contributed by atoms with Gasteiger partial charge >= 0.3 is 0 Å². The van der Waals surface area contributed by atoms with Gasteiger partial charge in [-0.3, -0.25) is 4.79 Å². The fourth-order valence-corrected chi connectivity index (χ4v) is 2.94. The summed E-state index contributed by atoms with van der Waals surface area (Å²) in [7, 11) is 0. The summed E-state index contributed by atoms with van der Waals surface area (Å²) in [5.41, 5.74) is -0.0439. The molecule has 0 fully saturated rings. The molecule has 0 aliphatic carbocycles. The van der Waals surface area contributed by atoms with Crippen molar-refractivity contribution >= 4 is 49.2 Å². The van der Waals surface area contributed by atoms with Gasteiger partial charge in [-0.05, 0) is 62.2 Å². The van der Waals surface area contributed by atoms with Crippen LogP contribution in [-0.4, -0.2) is 12.4 Å². The Morgan fingerprint density at radius 3 is 2.45 bits per heavy atom. The molecule has 6 heteroatoms. The molecule has 0 N–H and O–H groups in total. The van der Waals surface area contributed by atoms with Gasteiger partial charge in [0, 0.05) is 5.02 Å². The van der Waals surface area contributed by atoms with Crippen molar-refractivity contribution in [3.05, 3.63) is 61.7 Å². The number of halogens is 4. The van der Waals surface area contributed by atoms with E-state index in [9.17, 15) is 9.18 Å². The smallest absolute Gasteiger partial charge is 0.203 e. The number of Topliss-reactive ketones (excluding diaryl/α,β-unsaturated/α-hetero) is 1. The van der Waals surface area contributed by atoms with E-state index in [2.05, 4.69) is 31.9 Å². The average Bonchev–Trinajstić information content (AvgIpc) is 2.37. The van der Waals surface area contributed by atoms with Crippen molar-refractivity contribution in [3.8, 4) is 5.75 Å². The van der Waals surface area contributed by atoms with Gasteiger partial charge < -0.3 is 4.74 Å². The Kier molecular flexibility index (Phi) is 5.18. The fourth-order valence-electron chi connectivity index (χ4n) is 1.55. The van der Waals surface area contributed by atoms with Crippen LogP contribution in [0.1, 0.15) is 10.4 Å². The van der Waals surface area contributed by atoms with E-state index in [1.165, 1.54) is 12.1 Å². The highest BCUT2D eigenvalue weighted by molar-refractivity contribution is 9.11. The molecule has 0 bridgehead atoms. The van der Waals surface area contributed by atoms with Crippen LogP contribution in [0.15, 0.2) is 45.3 Å². The minimum Gasteiger partial charge on any atom is -0.483 e. The Morgan fingerprint density at radius 1 is 1.20 bits per heavy atom. The lowest BCUT2D eigenvalue weighted by Gasteiger charge is -2.09. The van der Waals surface area contributed by atoms with E-state index in [0.29, 0.717) is 14.7 Å². The molecule has 0 amide bonds. The molecule has 0 saturated heterocycles. The second-order valence-corrected chi connectivity index (χ2v) is 6.03. The molecule has 104 valence electrons. The zero-order valence-corrected chi connectivity index (χ0v) is 13.9. The summed E-state index contributed by atoms with van der Waals surface area (Å²) in [6.07, 6.45) is 0. The van der Waals surface area contributed by atoms with E-state index in [4.69, 9.17) is 16.3 Å². The van der Waals surface area contributed by atoms with Crippen LogP contribution in [0.5, 0.6) is 5.75 Å². The van der Waals surface area contributed by atoms with Crippen molar-refractivity contribution in [1.29, 1.82) is 0 Å². The summed E-state index contributed by atoms with van der Waals surface area (Å²) in [4.78, 5) is 11.9. The summed E-state index contributed by atoms with van der Waals surface area (Å²) in [6.45, 7) is -0.264. The fraction of sp³-hybridized carbons (Fsp3) is 0.0714. The first-order valence-corrected chi connectivity index (χ1v) is 7.50. The Labute approximate surface area is 137 Å². The molecule has 0 heterocycles. The van der Waals surface area contributed by atoms with Crippen molar-refractivity contribution in [2.75, 3.05) is 6.61 Å². The lowest BCUT2D eigenvalue weighted by atomic mass is 10.1. The van der Waals surface area contributed by atoms with Gasteiger partial charge in [-0.1, -0.05) is 17.7 Å². The van der Waals surface area contributed by atoms with E-state index >= 15 is 0 Å². The van der Waals surface area contributed by atoms with E-state index in [0.717, 1.165) is 6.07 Å². The van der Waals surface area contributed by atoms with Gasteiger partial charge in [0.1, 0.15) is 11.6 Å². The largest absolute Gasteiger partial charge is 0.483 e. The molecule has 0 aliphatic rings. The molecule has 0 atom stereocenters. The molecule has 0 unspecified atom stereocenters. The average molecular weight is 422 g/mol. The molecule has 0 aromatic heterocycles. The Balaban J connectivity index is 2.13. The molecule has 2 aromatic rings. The van der Waals surface area contributed by atoms with E-state index < -0.39 is 11.6 Å². The Morgan fingerprint density at radius 2 is 1.85 bits per heavy atom. The molecule has 0 radical (unpaired) electrons. The van der Waals surface area contributed by atoms with Crippen molar-refractivity contribution in [2.24, 2.45) is 0 Å². The zero-order valence-electron chi connectivity index (χ0n) is 10.00. The van der Waals surface area contributed by atoms with Crippen molar-refractivity contribution in [2.45, 2.75) is 0 Å². The summed E-state index contributed by atoms with van der Waals surface area (Å²) >= 11 is 12.3. The number of carbonyl (C=O) groups excluding carboxylic acids is 1. The minimum atomic E-state index is -0.655. The van der Waals surface area contributed by atoms with Crippen LogP contribution < -0.4 is 4.74 Å². The first-order chi connectivity index (χ1) is 9.49. The van der Waals surface area contributed by atoms with Crippen LogP contribution in [0.2, 0.25) is 5.02 Å². The Hall–Kier alpha value is -0.910.